The Bertz CT molecular complexity index is 629. The lowest BCUT2D eigenvalue weighted by atomic mass is 10.2. The van der Waals surface area contributed by atoms with Gasteiger partial charge in [-0.2, -0.15) is 0 Å². The van der Waals surface area contributed by atoms with Gasteiger partial charge in [0.1, 0.15) is 17.5 Å². The number of nitrogens with two attached hydrogens (primary N) is 1. The number of hydrogen-bond donors (Lipinski definition) is 2. The fourth-order valence-corrected chi connectivity index (χ4v) is 2.47. The Morgan fingerprint density at radius 1 is 1.25 bits per heavy atom. The number of benzene rings is 1. The zero-order chi connectivity index (χ0) is 14.7. The number of rotatable bonds is 4. The van der Waals surface area contributed by atoms with Crippen molar-refractivity contribution in [1.82, 2.24) is 9.97 Å². The minimum Gasteiger partial charge on any atom is -0.383 e. The molecule has 0 aliphatic carbocycles. The summed E-state index contributed by atoms with van der Waals surface area (Å²) in [4.78, 5) is 8.86. The highest BCUT2D eigenvalue weighted by Crippen LogP contribution is 2.30. The zero-order valence-electron chi connectivity index (χ0n) is 11.4. The fraction of sp³-hybridized carbons (Fsp3) is 0.286. The summed E-state index contributed by atoms with van der Waals surface area (Å²) in [5.74, 6) is 2.04. The van der Waals surface area contributed by atoms with Crippen LogP contribution in [0.4, 0.5) is 17.3 Å². The average Bonchev–Trinajstić information content (AvgIpc) is 2.40. The van der Waals surface area contributed by atoms with Gasteiger partial charge in [-0.1, -0.05) is 22.9 Å². The van der Waals surface area contributed by atoms with E-state index in [4.69, 9.17) is 5.73 Å². The van der Waals surface area contributed by atoms with Crippen LogP contribution in [0.5, 0.6) is 0 Å². The van der Waals surface area contributed by atoms with Crippen LogP contribution in [-0.4, -0.2) is 9.97 Å². The van der Waals surface area contributed by atoms with Crippen molar-refractivity contribution in [3.05, 3.63) is 38.5 Å². The molecule has 0 radical (unpaired) electrons. The molecule has 2 aromatic rings. The van der Waals surface area contributed by atoms with Gasteiger partial charge in [-0.15, -0.1) is 0 Å². The first-order valence-electron chi connectivity index (χ1n) is 6.36. The maximum Gasteiger partial charge on any atom is 0.139 e. The predicted octanol–water partition coefficient (Wildman–Crippen LogP) is 4.59. The number of nitrogen functional groups attached to an aromatic ring is 1. The van der Waals surface area contributed by atoms with Crippen molar-refractivity contribution in [3.8, 4) is 0 Å². The van der Waals surface area contributed by atoms with Gasteiger partial charge >= 0.3 is 0 Å². The minimum absolute atomic E-state index is 0.525. The molecule has 0 saturated carbocycles. The first-order valence-corrected chi connectivity index (χ1v) is 7.95. The third-order valence-corrected chi connectivity index (χ3v) is 4.07. The van der Waals surface area contributed by atoms with Crippen LogP contribution < -0.4 is 11.1 Å². The molecule has 0 unspecified atom stereocenters. The van der Waals surface area contributed by atoms with Gasteiger partial charge in [0.25, 0.3) is 0 Å². The summed E-state index contributed by atoms with van der Waals surface area (Å²) in [6, 6.07) is 5.93. The van der Waals surface area contributed by atoms with Gasteiger partial charge in [0.15, 0.2) is 0 Å². The third-order valence-electron chi connectivity index (χ3n) is 2.88. The molecule has 0 aliphatic rings. The maximum absolute atomic E-state index is 5.96. The summed E-state index contributed by atoms with van der Waals surface area (Å²) in [5, 5.41) is 3.31. The molecule has 20 heavy (non-hydrogen) atoms. The molecule has 0 saturated heterocycles. The number of hydrogen-bond acceptors (Lipinski definition) is 4. The van der Waals surface area contributed by atoms with Crippen molar-refractivity contribution in [3.63, 3.8) is 0 Å². The largest absolute Gasteiger partial charge is 0.383 e. The number of nitrogens with one attached hydrogen (secondary N) is 1. The van der Waals surface area contributed by atoms with Crippen molar-refractivity contribution in [2.45, 2.75) is 26.7 Å². The second kappa shape index (κ2) is 6.54. The minimum atomic E-state index is 0.525. The van der Waals surface area contributed by atoms with Gasteiger partial charge in [0, 0.05) is 20.9 Å². The number of aryl methyl sites for hydroxylation is 1. The molecule has 1 heterocycles. The Morgan fingerprint density at radius 2 is 2.00 bits per heavy atom. The van der Waals surface area contributed by atoms with E-state index in [9.17, 15) is 0 Å². The van der Waals surface area contributed by atoms with Crippen LogP contribution in [0.1, 0.15) is 24.7 Å². The maximum atomic E-state index is 5.96. The second-order valence-corrected chi connectivity index (χ2v) is 6.27. The fourth-order valence-electron chi connectivity index (χ4n) is 1.76. The highest BCUT2D eigenvalue weighted by atomic mass is 79.9. The molecule has 0 spiro atoms. The van der Waals surface area contributed by atoms with E-state index in [1.54, 1.807) is 0 Å². The zero-order valence-corrected chi connectivity index (χ0v) is 14.5. The Hall–Kier alpha value is -1.14. The molecule has 0 atom stereocenters. The molecule has 3 N–H and O–H groups in total. The molecule has 106 valence electrons. The Kier molecular flexibility index (Phi) is 4.99. The average molecular weight is 400 g/mol. The smallest absolute Gasteiger partial charge is 0.139 e. The molecular formula is C14H16Br2N4. The monoisotopic (exact) mass is 398 g/mol. The van der Waals surface area contributed by atoms with E-state index in [0.29, 0.717) is 5.82 Å². The summed E-state index contributed by atoms with van der Waals surface area (Å²) < 4.78 is 1.96. The van der Waals surface area contributed by atoms with Gasteiger partial charge in [-0.05, 0) is 47.5 Å². The Balaban J connectivity index is 2.39. The third kappa shape index (κ3) is 3.49. The van der Waals surface area contributed by atoms with Gasteiger partial charge < -0.3 is 11.1 Å². The topological polar surface area (TPSA) is 63.8 Å². The van der Waals surface area contributed by atoms with Crippen LogP contribution >= 0.6 is 31.9 Å². The lowest BCUT2D eigenvalue weighted by Crippen LogP contribution is -2.07. The highest BCUT2D eigenvalue weighted by molar-refractivity contribution is 9.11. The van der Waals surface area contributed by atoms with Crippen LogP contribution in [0, 0.1) is 6.92 Å². The van der Waals surface area contributed by atoms with Crippen LogP contribution in [0.2, 0.25) is 0 Å². The quantitative estimate of drug-likeness (QED) is 0.789. The molecule has 4 nitrogen and oxygen atoms in total. The molecule has 0 bridgehead atoms. The molecule has 1 aromatic heterocycles. The first-order chi connectivity index (χ1) is 9.51. The molecular weight excluding hydrogens is 384 g/mol. The normalized spacial score (nSPS) is 10.6. The lowest BCUT2D eigenvalue weighted by Gasteiger charge is -2.13. The van der Waals surface area contributed by atoms with E-state index in [2.05, 4.69) is 54.1 Å². The summed E-state index contributed by atoms with van der Waals surface area (Å²) in [7, 11) is 0. The molecule has 6 heteroatoms. The number of anilines is 3. The highest BCUT2D eigenvalue weighted by Gasteiger charge is 2.10. The number of aromatic nitrogens is 2. The van der Waals surface area contributed by atoms with Crippen molar-refractivity contribution >= 4 is 49.2 Å². The Morgan fingerprint density at radius 3 is 2.70 bits per heavy atom. The van der Waals surface area contributed by atoms with E-state index < -0.39 is 0 Å². The van der Waals surface area contributed by atoms with Gasteiger partial charge in [0.2, 0.25) is 0 Å². The Labute approximate surface area is 135 Å². The first kappa shape index (κ1) is 15.3. The summed E-state index contributed by atoms with van der Waals surface area (Å²) >= 11 is 6.99. The van der Waals surface area contributed by atoms with Crippen LogP contribution in [-0.2, 0) is 6.42 Å². The summed E-state index contributed by atoms with van der Waals surface area (Å²) in [6.07, 6.45) is 1.81. The molecule has 1 aromatic carbocycles. The van der Waals surface area contributed by atoms with E-state index in [-0.39, 0.29) is 0 Å². The standard InChI is InChI=1S/C14H16Br2N4/c1-3-4-12-19-13(17)8(2)14(20-12)18-11-7-9(15)5-6-10(11)16/h5-7H,3-4H2,1-2H3,(H3,17,18,19,20). The van der Waals surface area contributed by atoms with Gasteiger partial charge in [-0.25, -0.2) is 9.97 Å². The van der Waals surface area contributed by atoms with Crippen molar-refractivity contribution < 1.29 is 0 Å². The number of halogens is 2. The SMILES string of the molecule is CCCc1nc(N)c(C)c(Nc2cc(Br)ccc2Br)n1. The van der Waals surface area contributed by atoms with Crippen molar-refractivity contribution in [2.75, 3.05) is 11.1 Å². The van der Waals surface area contributed by atoms with Gasteiger partial charge in [0.05, 0.1) is 5.69 Å². The van der Waals surface area contributed by atoms with Crippen molar-refractivity contribution in [1.29, 1.82) is 0 Å². The predicted molar refractivity (Wildman–Crippen MR) is 90.3 cm³/mol. The number of nitrogens with zero attached hydrogens (tertiary/aromatic N) is 2. The van der Waals surface area contributed by atoms with Crippen LogP contribution in [0.25, 0.3) is 0 Å². The van der Waals surface area contributed by atoms with Crippen LogP contribution in [0.3, 0.4) is 0 Å². The van der Waals surface area contributed by atoms with Gasteiger partial charge in [-0.3, -0.25) is 0 Å². The van der Waals surface area contributed by atoms with E-state index in [1.807, 2.05) is 25.1 Å². The molecule has 2 rings (SSSR count). The molecule has 0 aliphatic heterocycles. The van der Waals surface area contributed by atoms with E-state index in [1.165, 1.54) is 0 Å². The molecule has 0 fully saturated rings. The second-order valence-electron chi connectivity index (χ2n) is 4.50. The summed E-state index contributed by atoms with van der Waals surface area (Å²) in [6.45, 7) is 4.01. The van der Waals surface area contributed by atoms with E-state index >= 15 is 0 Å². The van der Waals surface area contributed by atoms with Crippen molar-refractivity contribution in [2.24, 2.45) is 0 Å². The molecule has 0 amide bonds. The lowest BCUT2D eigenvalue weighted by molar-refractivity contribution is 0.836. The van der Waals surface area contributed by atoms with Crippen LogP contribution in [0.15, 0.2) is 27.1 Å². The summed E-state index contributed by atoms with van der Waals surface area (Å²) in [5.41, 5.74) is 7.75. The van der Waals surface area contributed by atoms with E-state index in [0.717, 1.165) is 44.7 Å².